The van der Waals surface area contributed by atoms with E-state index in [1.807, 2.05) is 24.3 Å². The lowest BCUT2D eigenvalue weighted by Crippen LogP contribution is -2.27. The number of nitrogens with zero attached hydrogens (tertiary/aromatic N) is 1. The highest BCUT2D eigenvalue weighted by atomic mass is 127. The zero-order valence-corrected chi connectivity index (χ0v) is 13.4. The van der Waals surface area contributed by atoms with Gasteiger partial charge in [0.25, 0.3) is 0 Å². The highest BCUT2D eigenvalue weighted by molar-refractivity contribution is 14.1. The van der Waals surface area contributed by atoms with Crippen LogP contribution in [0.15, 0.2) is 47.1 Å². The lowest BCUT2D eigenvalue weighted by molar-refractivity contribution is -0.116. The van der Waals surface area contributed by atoms with Gasteiger partial charge in [0.1, 0.15) is 17.4 Å². The standard InChI is InChI=1S/C16H13IN2O2/c17-11-5-2-1-4-9(11)14-10(8-18)16(19)21-13-7-3-6-12(20)15(13)14/h1-2,4-5,14H,3,6-7,19H2/t14-/m0/s1. The fraction of sp³-hybridized carbons (Fsp3) is 0.250. The number of carbonyl (C=O) groups excluding carboxylic acids is 1. The molecule has 2 N–H and O–H groups in total. The van der Waals surface area contributed by atoms with E-state index in [1.165, 1.54) is 0 Å². The number of halogens is 1. The molecule has 1 aliphatic heterocycles. The molecule has 1 aromatic rings. The maximum absolute atomic E-state index is 12.4. The highest BCUT2D eigenvalue weighted by Crippen LogP contribution is 2.44. The van der Waals surface area contributed by atoms with Gasteiger partial charge in [-0.1, -0.05) is 18.2 Å². The Kier molecular flexibility index (Phi) is 3.72. The molecule has 21 heavy (non-hydrogen) atoms. The zero-order chi connectivity index (χ0) is 15.0. The van der Waals surface area contributed by atoms with E-state index in [4.69, 9.17) is 10.5 Å². The largest absolute Gasteiger partial charge is 0.444 e. The Balaban J connectivity index is 2.23. The molecule has 1 aliphatic carbocycles. The van der Waals surface area contributed by atoms with Crippen molar-refractivity contribution >= 4 is 28.4 Å². The molecule has 0 saturated carbocycles. The monoisotopic (exact) mass is 392 g/mol. The van der Waals surface area contributed by atoms with E-state index in [2.05, 4.69) is 28.7 Å². The molecule has 0 saturated heterocycles. The summed E-state index contributed by atoms with van der Waals surface area (Å²) in [6, 6.07) is 9.87. The van der Waals surface area contributed by atoms with E-state index in [9.17, 15) is 10.1 Å². The van der Waals surface area contributed by atoms with Crippen LogP contribution in [0.4, 0.5) is 0 Å². The smallest absolute Gasteiger partial charge is 0.205 e. The van der Waals surface area contributed by atoms with Crippen molar-refractivity contribution in [2.24, 2.45) is 5.73 Å². The van der Waals surface area contributed by atoms with Crippen molar-refractivity contribution in [3.63, 3.8) is 0 Å². The molecular formula is C16H13IN2O2. The predicted octanol–water partition coefficient (Wildman–Crippen LogP) is 3.11. The number of rotatable bonds is 1. The summed E-state index contributed by atoms with van der Waals surface area (Å²) in [5, 5.41) is 9.46. The first-order chi connectivity index (χ1) is 10.1. The van der Waals surface area contributed by atoms with Crippen LogP contribution in [-0.4, -0.2) is 5.78 Å². The van der Waals surface area contributed by atoms with Crippen LogP contribution in [0.25, 0.3) is 0 Å². The number of allylic oxidation sites excluding steroid dienone is 3. The summed E-state index contributed by atoms with van der Waals surface area (Å²) in [5.41, 5.74) is 7.78. The zero-order valence-electron chi connectivity index (χ0n) is 11.2. The number of ether oxygens (including phenoxy) is 1. The third kappa shape index (κ3) is 2.33. The summed E-state index contributed by atoms with van der Waals surface area (Å²) in [6.07, 6.45) is 1.96. The van der Waals surface area contributed by atoms with Crippen LogP contribution >= 0.6 is 22.6 Å². The Labute approximate surface area is 136 Å². The van der Waals surface area contributed by atoms with Crippen molar-refractivity contribution < 1.29 is 9.53 Å². The minimum Gasteiger partial charge on any atom is -0.444 e. The molecule has 2 aliphatic rings. The molecule has 0 radical (unpaired) electrons. The van der Waals surface area contributed by atoms with Gasteiger partial charge in [-0.25, -0.2) is 0 Å². The van der Waals surface area contributed by atoms with Crippen molar-refractivity contribution in [3.8, 4) is 6.07 Å². The second-order valence-electron chi connectivity index (χ2n) is 5.06. The predicted molar refractivity (Wildman–Crippen MR) is 85.7 cm³/mol. The molecule has 0 fully saturated rings. The van der Waals surface area contributed by atoms with Gasteiger partial charge in [0, 0.05) is 22.0 Å². The SMILES string of the molecule is N#CC1=C(N)OC2=C(C(=O)CCC2)[C@H]1c1ccccc1I. The Morgan fingerprint density at radius 1 is 1.33 bits per heavy atom. The molecule has 1 heterocycles. The summed E-state index contributed by atoms with van der Waals surface area (Å²) >= 11 is 2.22. The van der Waals surface area contributed by atoms with Crippen molar-refractivity contribution in [2.45, 2.75) is 25.2 Å². The van der Waals surface area contributed by atoms with Crippen LogP contribution in [0.2, 0.25) is 0 Å². The summed E-state index contributed by atoms with van der Waals surface area (Å²) in [4.78, 5) is 12.4. The maximum Gasteiger partial charge on any atom is 0.205 e. The molecule has 5 heteroatoms. The minimum atomic E-state index is -0.403. The Morgan fingerprint density at radius 2 is 2.10 bits per heavy atom. The van der Waals surface area contributed by atoms with Crippen molar-refractivity contribution in [1.82, 2.24) is 0 Å². The second kappa shape index (κ2) is 5.53. The van der Waals surface area contributed by atoms with E-state index in [1.54, 1.807) is 0 Å². The Bertz CT molecular complexity index is 728. The van der Waals surface area contributed by atoms with E-state index in [0.717, 1.165) is 15.6 Å². The fourth-order valence-electron chi connectivity index (χ4n) is 2.88. The van der Waals surface area contributed by atoms with Gasteiger partial charge in [-0.2, -0.15) is 5.26 Å². The average Bonchev–Trinajstić information content (AvgIpc) is 2.47. The van der Waals surface area contributed by atoms with Crippen LogP contribution < -0.4 is 5.73 Å². The summed E-state index contributed by atoms with van der Waals surface area (Å²) < 4.78 is 6.55. The lowest BCUT2D eigenvalue weighted by atomic mass is 9.78. The van der Waals surface area contributed by atoms with Gasteiger partial charge >= 0.3 is 0 Å². The van der Waals surface area contributed by atoms with Gasteiger partial charge in [0.2, 0.25) is 5.88 Å². The third-order valence-corrected chi connectivity index (χ3v) is 4.80. The summed E-state index contributed by atoms with van der Waals surface area (Å²) in [5.74, 6) is 0.406. The summed E-state index contributed by atoms with van der Waals surface area (Å²) in [7, 11) is 0. The minimum absolute atomic E-state index is 0.0566. The van der Waals surface area contributed by atoms with Crippen molar-refractivity contribution in [2.75, 3.05) is 0 Å². The molecule has 1 aromatic carbocycles. The van der Waals surface area contributed by atoms with E-state index >= 15 is 0 Å². The molecular weight excluding hydrogens is 379 g/mol. The van der Waals surface area contributed by atoms with Crippen molar-refractivity contribution in [1.29, 1.82) is 5.26 Å². The van der Waals surface area contributed by atoms with E-state index in [0.29, 0.717) is 29.7 Å². The summed E-state index contributed by atoms with van der Waals surface area (Å²) in [6.45, 7) is 0. The molecule has 0 aromatic heterocycles. The van der Waals surface area contributed by atoms with Gasteiger partial charge in [0.05, 0.1) is 5.92 Å². The molecule has 4 nitrogen and oxygen atoms in total. The van der Waals surface area contributed by atoms with Crippen LogP contribution in [-0.2, 0) is 9.53 Å². The van der Waals surface area contributed by atoms with Crippen LogP contribution in [0, 0.1) is 14.9 Å². The van der Waals surface area contributed by atoms with Gasteiger partial charge in [-0.05, 0) is 40.6 Å². The number of Topliss-reactive ketones (excluding diaryl/α,β-unsaturated/α-hetero) is 1. The maximum atomic E-state index is 12.4. The molecule has 1 atom stereocenters. The number of hydrogen-bond acceptors (Lipinski definition) is 4. The van der Waals surface area contributed by atoms with Gasteiger partial charge in [0.15, 0.2) is 5.78 Å². The first-order valence-electron chi connectivity index (χ1n) is 6.71. The number of nitrogens with two attached hydrogens (primary N) is 1. The molecule has 0 unspecified atom stereocenters. The molecule has 0 bridgehead atoms. The number of ketones is 1. The molecule has 3 rings (SSSR count). The Morgan fingerprint density at radius 3 is 2.81 bits per heavy atom. The quantitative estimate of drug-likeness (QED) is 0.746. The number of carbonyl (C=O) groups is 1. The Hall–Kier alpha value is -1.81. The second-order valence-corrected chi connectivity index (χ2v) is 6.22. The average molecular weight is 392 g/mol. The fourth-order valence-corrected chi connectivity index (χ4v) is 3.58. The molecule has 0 amide bonds. The van der Waals surface area contributed by atoms with Gasteiger partial charge < -0.3 is 10.5 Å². The first-order valence-corrected chi connectivity index (χ1v) is 7.79. The van der Waals surface area contributed by atoms with Crippen LogP contribution in [0.5, 0.6) is 0 Å². The highest BCUT2D eigenvalue weighted by Gasteiger charge is 2.38. The topological polar surface area (TPSA) is 76.1 Å². The van der Waals surface area contributed by atoms with Gasteiger partial charge in [-0.15, -0.1) is 0 Å². The molecule has 0 spiro atoms. The lowest BCUT2D eigenvalue weighted by Gasteiger charge is -2.31. The van der Waals surface area contributed by atoms with E-state index < -0.39 is 5.92 Å². The number of benzene rings is 1. The molecule has 106 valence electrons. The third-order valence-electron chi connectivity index (χ3n) is 3.82. The van der Waals surface area contributed by atoms with Crippen LogP contribution in [0.3, 0.4) is 0 Å². The number of nitriles is 1. The first kappa shape index (κ1) is 14.1. The van der Waals surface area contributed by atoms with Crippen molar-refractivity contribution in [3.05, 3.63) is 56.2 Å². The van der Waals surface area contributed by atoms with E-state index in [-0.39, 0.29) is 11.7 Å². The normalized spacial score (nSPS) is 21.7. The van der Waals surface area contributed by atoms with Gasteiger partial charge in [-0.3, -0.25) is 4.79 Å². The number of hydrogen-bond donors (Lipinski definition) is 1. The van der Waals surface area contributed by atoms with Crippen LogP contribution in [0.1, 0.15) is 30.7 Å².